The highest BCUT2D eigenvalue weighted by Gasteiger charge is 2.23. The van der Waals surface area contributed by atoms with E-state index in [1.54, 1.807) is 24.4 Å². The quantitative estimate of drug-likeness (QED) is 0.907. The molecular formula is C19H23FN4O. The number of halogens is 1. The molecule has 1 aromatic heterocycles. The maximum atomic E-state index is 13.0. The molecular weight excluding hydrogens is 319 g/mol. The molecule has 0 bridgehead atoms. The monoisotopic (exact) mass is 342 g/mol. The van der Waals surface area contributed by atoms with Crippen LogP contribution >= 0.6 is 0 Å². The van der Waals surface area contributed by atoms with Gasteiger partial charge >= 0.3 is 0 Å². The molecule has 0 unspecified atom stereocenters. The van der Waals surface area contributed by atoms with E-state index in [2.05, 4.69) is 22.1 Å². The van der Waals surface area contributed by atoms with Crippen molar-refractivity contribution in [3.63, 3.8) is 0 Å². The molecule has 1 aromatic carbocycles. The predicted molar refractivity (Wildman–Crippen MR) is 97.5 cm³/mol. The summed E-state index contributed by atoms with van der Waals surface area (Å²) in [5, 5.41) is 3.25. The van der Waals surface area contributed by atoms with Crippen LogP contribution in [-0.4, -0.2) is 48.5 Å². The molecule has 1 fully saturated rings. The van der Waals surface area contributed by atoms with Gasteiger partial charge < -0.3 is 15.1 Å². The Hall–Kier alpha value is -2.63. The van der Waals surface area contributed by atoms with Gasteiger partial charge in [-0.25, -0.2) is 9.37 Å². The Kier molecular flexibility index (Phi) is 5.48. The first-order valence-electron chi connectivity index (χ1n) is 8.67. The highest BCUT2D eigenvalue weighted by atomic mass is 19.1. The highest BCUT2D eigenvalue weighted by Crippen LogP contribution is 2.18. The molecule has 2 heterocycles. The molecule has 25 heavy (non-hydrogen) atoms. The van der Waals surface area contributed by atoms with Gasteiger partial charge in [-0.1, -0.05) is 6.92 Å². The van der Waals surface area contributed by atoms with E-state index in [1.807, 2.05) is 11.0 Å². The number of hydrogen-bond acceptors (Lipinski definition) is 4. The van der Waals surface area contributed by atoms with E-state index in [1.165, 1.54) is 12.1 Å². The molecule has 0 radical (unpaired) electrons. The van der Waals surface area contributed by atoms with E-state index in [9.17, 15) is 9.18 Å². The summed E-state index contributed by atoms with van der Waals surface area (Å²) in [6.07, 6.45) is 2.75. The number of carbonyl (C=O) groups excluding carboxylic acids is 1. The molecule has 1 N–H and O–H groups in total. The first-order valence-corrected chi connectivity index (χ1v) is 8.67. The highest BCUT2D eigenvalue weighted by molar-refractivity contribution is 5.92. The smallest absolute Gasteiger partial charge is 0.272 e. The largest absolute Gasteiger partial charge is 0.384 e. The number of nitrogens with zero attached hydrogens (tertiary/aromatic N) is 3. The van der Waals surface area contributed by atoms with Crippen molar-refractivity contribution >= 4 is 17.3 Å². The molecule has 0 saturated carbocycles. The SMILES string of the molecule is CCCNc1ccc(C(=O)N2CCN(c3ccc(F)cc3)CC2)nc1. The lowest BCUT2D eigenvalue weighted by atomic mass is 10.2. The number of amides is 1. The summed E-state index contributed by atoms with van der Waals surface area (Å²) in [6, 6.07) is 10.1. The third kappa shape index (κ3) is 4.26. The molecule has 6 heteroatoms. The van der Waals surface area contributed by atoms with Gasteiger partial charge in [0, 0.05) is 38.4 Å². The van der Waals surface area contributed by atoms with E-state index in [-0.39, 0.29) is 11.7 Å². The van der Waals surface area contributed by atoms with Gasteiger partial charge in [-0.2, -0.15) is 0 Å². The molecule has 5 nitrogen and oxygen atoms in total. The fourth-order valence-corrected chi connectivity index (χ4v) is 2.88. The van der Waals surface area contributed by atoms with Crippen LogP contribution in [0.15, 0.2) is 42.6 Å². The van der Waals surface area contributed by atoms with Crippen molar-refractivity contribution in [1.82, 2.24) is 9.88 Å². The van der Waals surface area contributed by atoms with Gasteiger partial charge in [0.1, 0.15) is 11.5 Å². The first-order chi connectivity index (χ1) is 12.2. The van der Waals surface area contributed by atoms with Gasteiger partial charge in [0.05, 0.1) is 11.9 Å². The van der Waals surface area contributed by atoms with Crippen LogP contribution in [0.5, 0.6) is 0 Å². The summed E-state index contributed by atoms with van der Waals surface area (Å²) in [7, 11) is 0. The zero-order chi connectivity index (χ0) is 17.6. The molecule has 1 saturated heterocycles. The first kappa shape index (κ1) is 17.2. The number of anilines is 2. The lowest BCUT2D eigenvalue weighted by Crippen LogP contribution is -2.49. The van der Waals surface area contributed by atoms with Gasteiger partial charge in [0.25, 0.3) is 5.91 Å². The minimum absolute atomic E-state index is 0.0409. The molecule has 2 aromatic rings. The van der Waals surface area contributed by atoms with Gasteiger partial charge in [-0.15, -0.1) is 0 Å². The van der Waals surface area contributed by atoms with Crippen molar-refractivity contribution in [2.75, 3.05) is 42.9 Å². The number of pyridine rings is 1. The molecule has 1 aliphatic rings. The summed E-state index contributed by atoms with van der Waals surface area (Å²) in [5.74, 6) is -0.277. The second kappa shape index (κ2) is 7.96. The Balaban J connectivity index is 1.56. The normalized spacial score (nSPS) is 14.5. The molecule has 132 valence electrons. The van der Waals surface area contributed by atoms with Gasteiger partial charge in [0.2, 0.25) is 0 Å². The van der Waals surface area contributed by atoms with Crippen LogP contribution in [0.2, 0.25) is 0 Å². The van der Waals surface area contributed by atoms with Crippen LogP contribution in [0.4, 0.5) is 15.8 Å². The summed E-state index contributed by atoms with van der Waals surface area (Å²) in [5.41, 5.74) is 2.38. The summed E-state index contributed by atoms with van der Waals surface area (Å²) in [6.45, 7) is 5.71. The minimum atomic E-state index is -0.236. The van der Waals surface area contributed by atoms with Crippen molar-refractivity contribution in [3.8, 4) is 0 Å². The van der Waals surface area contributed by atoms with Gasteiger partial charge in [-0.3, -0.25) is 4.79 Å². The lowest BCUT2D eigenvalue weighted by molar-refractivity contribution is 0.0741. The van der Waals surface area contributed by atoms with E-state index in [0.29, 0.717) is 18.8 Å². The Labute approximate surface area is 147 Å². The van der Waals surface area contributed by atoms with Crippen molar-refractivity contribution in [1.29, 1.82) is 0 Å². The van der Waals surface area contributed by atoms with Crippen LogP contribution in [0, 0.1) is 5.82 Å². The summed E-state index contributed by atoms with van der Waals surface area (Å²) >= 11 is 0. The maximum absolute atomic E-state index is 13.0. The molecule has 0 atom stereocenters. The Morgan fingerprint density at radius 2 is 1.84 bits per heavy atom. The van der Waals surface area contributed by atoms with E-state index in [4.69, 9.17) is 0 Å². The van der Waals surface area contributed by atoms with Crippen LogP contribution < -0.4 is 10.2 Å². The zero-order valence-corrected chi connectivity index (χ0v) is 14.4. The number of nitrogens with one attached hydrogen (secondary N) is 1. The van der Waals surface area contributed by atoms with Crippen molar-refractivity contribution in [3.05, 3.63) is 54.1 Å². The fourth-order valence-electron chi connectivity index (χ4n) is 2.88. The number of carbonyl (C=O) groups is 1. The van der Waals surface area contributed by atoms with Gasteiger partial charge in [-0.05, 0) is 42.8 Å². The fraction of sp³-hybridized carbons (Fsp3) is 0.368. The molecule has 0 spiro atoms. The van der Waals surface area contributed by atoms with E-state index >= 15 is 0 Å². The number of hydrogen-bond donors (Lipinski definition) is 1. The number of benzene rings is 1. The van der Waals surface area contributed by atoms with Crippen molar-refractivity contribution < 1.29 is 9.18 Å². The Morgan fingerprint density at radius 3 is 2.44 bits per heavy atom. The average molecular weight is 342 g/mol. The third-order valence-corrected chi connectivity index (χ3v) is 4.32. The second-order valence-corrected chi connectivity index (χ2v) is 6.11. The Morgan fingerprint density at radius 1 is 1.12 bits per heavy atom. The van der Waals surface area contributed by atoms with Crippen molar-refractivity contribution in [2.24, 2.45) is 0 Å². The molecule has 1 aliphatic heterocycles. The zero-order valence-electron chi connectivity index (χ0n) is 14.4. The van der Waals surface area contributed by atoms with Crippen molar-refractivity contribution in [2.45, 2.75) is 13.3 Å². The minimum Gasteiger partial charge on any atom is -0.384 e. The topological polar surface area (TPSA) is 48.5 Å². The summed E-state index contributed by atoms with van der Waals surface area (Å²) in [4.78, 5) is 20.9. The molecule has 3 rings (SSSR count). The predicted octanol–water partition coefficient (Wildman–Crippen LogP) is 3.01. The van der Waals surface area contributed by atoms with Crippen LogP contribution in [0.25, 0.3) is 0 Å². The molecule has 1 amide bonds. The maximum Gasteiger partial charge on any atom is 0.272 e. The lowest BCUT2D eigenvalue weighted by Gasteiger charge is -2.36. The average Bonchev–Trinajstić information content (AvgIpc) is 2.67. The second-order valence-electron chi connectivity index (χ2n) is 6.11. The van der Waals surface area contributed by atoms with Gasteiger partial charge in [0.15, 0.2) is 0 Å². The number of aromatic nitrogens is 1. The van der Waals surface area contributed by atoms with Crippen LogP contribution in [0.1, 0.15) is 23.8 Å². The van der Waals surface area contributed by atoms with Crippen LogP contribution in [0.3, 0.4) is 0 Å². The van der Waals surface area contributed by atoms with E-state index in [0.717, 1.165) is 37.4 Å². The summed E-state index contributed by atoms with van der Waals surface area (Å²) < 4.78 is 13.0. The Bertz CT molecular complexity index is 694. The molecule has 0 aliphatic carbocycles. The number of rotatable bonds is 5. The standard InChI is InChI=1S/C19H23FN4O/c1-2-9-21-16-5-8-18(22-14-16)19(25)24-12-10-23(11-13-24)17-6-3-15(20)4-7-17/h3-8,14,21H,2,9-13H2,1H3. The van der Waals surface area contributed by atoms with Crippen LogP contribution in [-0.2, 0) is 0 Å². The third-order valence-electron chi connectivity index (χ3n) is 4.32. The van der Waals surface area contributed by atoms with E-state index < -0.39 is 0 Å². The number of piperazine rings is 1.